The molecule has 0 radical (unpaired) electrons. The third-order valence-electron chi connectivity index (χ3n) is 3.55. The second-order valence-corrected chi connectivity index (χ2v) is 5.54. The second kappa shape index (κ2) is 9.93. The third-order valence-corrected chi connectivity index (χ3v) is 3.55. The van der Waals surface area contributed by atoms with Crippen LogP contribution in [0.25, 0.3) is 0 Å². The Hall–Kier alpha value is -3.22. The van der Waals surface area contributed by atoms with Crippen LogP contribution in [0.5, 0.6) is 5.75 Å². The number of rotatable bonds is 10. The summed E-state index contributed by atoms with van der Waals surface area (Å²) in [6, 6.07) is 14.9. The molecule has 7 heteroatoms. The molecular formula is C19H19NO6. The maximum absolute atomic E-state index is 11.7. The number of esters is 1. The van der Waals surface area contributed by atoms with E-state index in [1.807, 2.05) is 30.3 Å². The number of nitro groups is 1. The van der Waals surface area contributed by atoms with Gasteiger partial charge in [-0.25, -0.2) is 4.79 Å². The molecule has 136 valence electrons. The highest BCUT2D eigenvalue weighted by Gasteiger charge is 2.14. The van der Waals surface area contributed by atoms with Crippen molar-refractivity contribution in [3.63, 3.8) is 0 Å². The second-order valence-electron chi connectivity index (χ2n) is 5.54. The Morgan fingerprint density at radius 3 is 2.31 bits per heavy atom. The number of unbranched alkanes of at least 4 members (excludes halogenated alkanes) is 1. The maximum Gasteiger partial charge on any atom is 0.374 e. The molecule has 0 fully saturated rings. The van der Waals surface area contributed by atoms with Crippen molar-refractivity contribution >= 4 is 17.4 Å². The van der Waals surface area contributed by atoms with E-state index in [-0.39, 0.29) is 18.7 Å². The van der Waals surface area contributed by atoms with Gasteiger partial charge in [0.05, 0.1) is 11.5 Å². The third kappa shape index (κ3) is 6.35. The van der Waals surface area contributed by atoms with E-state index >= 15 is 0 Å². The van der Waals surface area contributed by atoms with Crippen LogP contribution in [0.3, 0.4) is 0 Å². The number of carbonyl (C=O) groups excluding carboxylic acids is 2. The number of Topliss-reactive ketones (excluding diaryl/α,β-unsaturated/α-hetero) is 1. The van der Waals surface area contributed by atoms with Crippen molar-refractivity contribution in [1.29, 1.82) is 0 Å². The first kappa shape index (κ1) is 19.1. The summed E-state index contributed by atoms with van der Waals surface area (Å²) in [4.78, 5) is 33.4. The highest BCUT2D eigenvalue weighted by Crippen LogP contribution is 2.17. The van der Waals surface area contributed by atoms with Crippen LogP contribution < -0.4 is 4.74 Å². The molecule has 0 unspecified atom stereocenters. The van der Waals surface area contributed by atoms with Crippen molar-refractivity contribution in [1.82, 2.24) is 0 Å². The number of hydrogen-bond acceptors (Lipinski definition) is 6. The Labute approximate surface area is 150 Å². The number of nitro benzene ring substituents is 1. The molecule has 0 N–H and O–H groups in total. The molecule has 0 amide bonds. The molecular weight excluding hydrogens is 338 g/mol. The number of ketones is 1. The van der Waals surface area contributed by atoms with E-state index in [2.05, 4.69) is 0 Å². The fourth-order valence-corrected chi connectivity index (χ4v) is 2.15. The predicted octanol–water partition coefficient (Wildman–Crippen LogP) is 3.46. The lowest BCUT2D eigenvalue weighted by Gasteiger charge is -2.06. The molecule has 0 aliphatic carbocycles. The van der Waals surface area contributed by atoms with Gasteiger partial charge in [0.25, 0.3) is 5.69 Å². The Kier molecular flexibility index (Phi) is 7.30. The molecule has 2 rings (SSSR count). The molecule has 7 nitrogen and oxygen atoms in total. The Balaban J connectivity index is 1.60. The SMILES string of the molecule is O=C(CCCCOc1ccc([N+](=O)[O-])cc1)C(=O)OCc1ccccc1. The largest absolute Gasteiger partial charge is 0.494 e. The average Bonchev–Trinajstić information content (AvgIpc) is 2.66. The van der Waals surface area contributed by atoms with Gasteiger partial charge < -0.3 is 9.47 Å². The van der Waals surface area contributed by atoms with E-state index in [1.54, 1.807) is 0 Å². The van der Waals surface area contributed by atoms with Gasteiger partial charge in [0.1, 0.15) is 12.4 Å². The van der Waals surface area contributed by atoms with E-state index < -0.39 is 16.7 Å². The zero-order valence-corrected chi connectivity index (χ0v) is 14.1. The molecule has 2 aromatic carbocycles. The summed E-state index contributed by atoms with van der Waals surface area (Å²) in [5, 5.41) is 10.6. The van der Waals surface area contributed by atoms with Crippen LogP contribution in [0.4, 0.5) is 5.69 Å². The fourth-order valence-electron chi connectivity index (χ4n) is 2.15. The minimum Gasteiger partial charge on any atom is -0.494 e. The van der Waals surface area contributed by atoms with Crippen LogP contribution in [0.2, 0.25) is 0 Å². The normalized spacial score (nSPS) is 10.2. The van der Waals surface area contributed by atoms with Crippen molar-refractivity contribution in [3.05, 3.63) is 70.3 Å². The predicted molar refractivity (Wildman–Crippen MR) is 93.7 cm³/mol. The highest BCUT2D eigenvalue weighted by molar-refractivity contribution is 6.33. The summed E-state index contributed by atoms with van der Waals surface area (Å²) in [5.41, 5.74) is 0.821. The van der Waals surface area contributed by atoms with Crippen molar-refractivity contribution in [3.8, 4) is 5.75 Å². The number of ether oxygens (including phenoxy) is 2. The van der Waals surface area contributed by atoms with Gasteiger partial charge >= 0.3 is 5.97 Å². The average molecular weight is 357 g/mol. The summed E-state index contributed by atoms with van der Waals surface area (Å²) in [7, 11) is 0. The smallest absolute Gasteiger partial charge is 0.374 e. The summed E-state index contributed by atoms with van der Waals surface area (Å²) in [6.07, 6.45) is 1.16. The number of non-ortho nitro benzene ring substituents is 1. The minimum atomic E-state index is -0.829. The summed E-state index contributed by atoms with van der Waals surface area (Å²) in [5.74, 6) is -0.870. The summed E-state index contributed by atoms with van der Waals surface area (Å²) < 4.78 is 10.4. The number of benzene rings is 2. The Morgan fingerprint density at radius 1 is 0.962 bits per heavy atom. The first-order valence-corrected chi connectivity index (χ1v) is 8.17. The lowest BCUT2D eigenvalue weighted by atomic mass is 10.2. The molecule has 0 bridgehead atoms. The maximum atomic E-state index is 11.7. The zero-order valence-electron chi connectivity index (χ0n) is 14.1. The van der Waals surface area contributed by atoms with Crippen molar-refractivity contribution in [2.24, 2.45) is 0 Å². The Morgan fingerprint density at radius 2 is 1.65 bits per heavy atom. The van der Waals surface area contributed by atoms with Crippen LogP contribution in [0, 0.1) is 10.1 Å². The summed E-state index contributed by atoms with van der Waals surface area (Å²) >= 11 is 0. The Bertz CT molecular complexity index is 742. The molecule has 26 heavy (non-hydrogen) atoms. The monoisotopic (exact) mass is 357 g/mol. The fraction of sp³-hybridized carbons (Fsp3) is 0.263. The van der Waals surface area contributed by atoms with Gasteiger partial charge in [0, 0.05) is 18.6 Å². The molecule has 2 aromatic rings. The molecule has 0 heterocycles. The molecule has 0 aliphatic heterocycles. The number of hydrogen-bond donors (Lipinski definition) is 0. The van der Waals surface area contributed by atoms with Gasteiger partial charge in [-0.1, -0.05) is 30.3 Å². The molecule has 0 aromatic heterocycles. The molecule has 0 saturated carbocycles. The van der Waals surface area contributed by atoms with Gasteiger partial charge in [-0.2, -0.15) is 0 Å². The van der Waals surface area contributed by atoms with Gasteiger partial charge in [-0.15, -0.1) is 0 Å². The molecule has 0 atom stereocenters. The van der Waals surface area contributed by atoms with Crippen LogP contribution in [-0.2, 0) is 20.9 Å². The van der Waals surface area contributed by atoms with Crippen molar-refractivity contribution in [2.75, 3.05) is 6.61 Å². The van der Waals surface area contributed by atoms with E-state index in [1.165, 1.54) is 24.3 Å². The van der Waals surface area contributed by atoms with Crippen molar-refractivity contribution < 1.29 is 24.0 Å². The van der Waals surface area contributed by atoms with E-state index in [0.717, 1.165) is 5.56 Å². The minimum absolute atomic E-state index is 0.00281. The lowest BCUT2D eigenvalue weighted by molar-refractivity contribution is -0.384. The quantitative estimate of drug-likeness (QED) is 0.212. The van der Waals surface area contributed by atoms with E-state index in [4.69, 9.17) is 9.47 Å². The van der Waals surface area contributed by atoms with Gasteiger partial charge in [0.2, 0.25) is 5.78 Å². The topological polar surface area (TPSA) is 95.7 Å². The van der Waals surface area contributed by atoms with Gasteiger partial charge in [-0.3, -0.25) is 14.9 Å². The van der Waals surface area contributed by atoms with Gasteiger partial charge in [-0.05, 0) is 30.5 Å². The number of nitrogens with zero attached hydrogens (tertiary/aromatic N) is 1. The van der Waals surface area contributed by atoms with Crippen LogP contribution in [0.1, 0.15) is 24.8 Å². The molecule has 0 saturated heterocycles. The van der Waals surface area contributed by atoms with E-state index in [9.17, 15) is 19.7 Å². The zero-order chi connectivity index (χ0) is 18.8. The van der Waals surface area contributed by atoms with Crippen LogP contribution in [0.15, 0.2) is 54.6 Å². The lowest BCUT2D eigenvalue weighted by Crippen LogP contribution is -2.17. The molecule has 0 aliphatic rings. The van der Waals surface area contributed by atoms with Gasteiger partial charge in [0.15, 0.2) is 0 Å². The number of carbonyl (C=O) groups is 2. The summed E-state index contributed by atoms with van der Waals surface area (Å²) in [6.45, 7) is 0.429. The first-order chi connectivity index (χ1) is 12.6. The molecule has 0 spiro atoms. The standard InChI is InChI=1S/C19H19NO6/c21-18(19(22)26-14-15-6-2-1-3-7-15)8-4-5-13-25-17-11-9-16(10-12-17)20(23)24/h1-3,6-7,9-12H,4-5,8,13-14H2. The highest BCUT2D eigenvalue weighted by atomic mass is 16.6. The van der Waals surface area contributed by atoms with Crippen molar-refractivity contribution in [2.45, 2.75) is 25.9 Å². The van der Waals surface area contributed by atoms with Crippen LogP contribution >= 0.6 is 0 Å². The first-order valence-electron chi connectivity index (χ1n) is 8.17. The van der Waals surface area contributed by atoms with Crippen LogP contribution in [-0.4, -0.2) is 23.3 Å². The van der Waals surface area contributed by atoms with E-state index in [0.29, 0.717) is 25.2 Å².